The number of carbonyl (C=O) groups is 1. The van der Waals surface area contributed by atoms with Crippen molar-refractivity contribution in [2.75, 3.05) is 6.61 Å². The Hall–Kier alpha value is -2.14. The summed E-state index contributed by atoms with van der Waals surface area (Å²) in [5, 5.41) is 1.31. The van der Waals surface area contributed by atoms with Crippen LogP contribution >= 0.6 is 35.0 Å². The summed E-state index contributed by atoms with van der Waals surface area (Å²) >= 11 is 13.5. The fraction of sp³-hybridized carbons (Fsp3) is 0.136. The van der Waals surface area contributed by atoms with Gasteiger partial charge < -0.3 is 9.47 Å². The fourth-order valence-electron chi connectivity index (χ4n) is 2.47. The minimum absolute atomic E-state index is 0.282. The second-order valence-electron chi connectivity index (χ2n) is 5.83. The molecule has 0 aliphatic carbocycles. The van der Waals surface area contributed by atoms with Crippen LogP contribution in [0.4, 0.5) is 0 Å². The highest BCUT2D eigenvalue weighted by molar-refractivity contribution is 7.99. The Balaban J connectivity index is 1.78. The summed E-state index contributed by atoms with van der Waals surface area (Å²) in [7, 11) is 0. The summed E-state index contributed by atoms with van der Waals surface area (Å²) in [6.07, 6.45) is -0.851. The van der Waals surface area contributed by atoms with Crippen molar-refractivity contribution in [2.24, 2.45) is 0 Å². The molecule has 0 bridgehead atoms. The maximum absolute atomic E-state index is 12.4. The quantitative estimate of drug-likeness (QED) is 0.383. The highest BCUT2D eigenvalue weighted by atomic mass is 35.5. The molecule has 0 aliphatic rings. The first kappa shape index (κ1) is 20.6. The van der Waals surface area contributed by atoms with Crippen molar-refractivity contribution in [1.29, 1.82) is 0 Å². The third-order valence-corrected chi connectivity index (χ3v) is 5.32. The molecule has 0 amide bonds. The van der Waals surface area contributed by atoms with E-state index in [1.54, 1.807) is 43.0 Å². The van der Waals surface area contributed by atoms with Gasteiger partial charge in [0.05, 0.1) is 6.61 Å². The van der Waals surface area contributed by atoms with E-state index in [1.807, 2.05) is 48.5 Å². The molecule has 3 nitrogen and oxygen atoms in total. The van der Waals surface area contributed by atoms with Gasteiger partial charge in [-0.05, 0) is 67.6 Å². The van der Waals surface area contributed by atoms with Crippen LogP contribution in [0.5, 0.6) is 5.75 Å². The average Bonchev–Trinajstić information content (AvgIpc) is 2.70. The van der Waals surface area contributed by atoms with Crippen LogP contribution in [0.25, 0.3) is 0 Å². The van der Waals surface area contributed by atoms with Crippen LogP contribution < -0.4 is 4.74 Å². The molecule has 0 N–H and O–H groups in total. The van der Waals surface area contributed by atoms with Gasteiger partial charge in [0.25, 0.3) is 0 Å². The second-order valence-corrected chi connectivity index (χ2v) is 7.85. The van der Waals surface area contributed by atoms with Crippen LogP contribution in [0.2, 0.25) is 10.0 Å². The molecule has 0 saturated heterocycles. The lowest BCUT2D eigenvalue weighted by Crippen LogP contribution is -2.21. The molecule has 6 heteroatoms. The van der Waals surface area contributed by atoms with E-state index in [2.05, 4.69) is 0 Å². The molecule has 0 heterocycles. The van der Waals surface area contributed by atoms with E-state index in [0.29, 0.717) is 21.4 Å². The van der Waals surface area contributed by atoms with Gasteiger partial charge in [0.15, 0.2) is 0 Å². The van der Waals surface area contributed by atoms with Gasteiger partial charge in [-0.2, -0.15) is 0 Å². The monoisotopic (exact) mass is 432 g/mol. The number of hydrogen-bond acceptors (Lipinski definition) is 4. The standard InChI is InChI=1S/C22H18Cl2O3S/c1-2-26-22(25)21(27-18-9-5-16(23)6-10-18)15-3-11-19(12-4-15)28-20-13-7-17(24)8-14-20/h3-14,21H,2H2,1H3. The van der Waals surface area contributed by atoms with Crippen molar-refractivity contribution in [2.45, 2.75) is 22.8 Å². The molecule has 0 aromatic heterocycles. The van der Waals surface area contributed by atoms with Gasteiger partial charge in [-0.3, -0.25) is 0 Å². The van der Waals surface area contributed by atoms with Crippen LogP contribution in [-0.4, -0.2) is 12.6 Å². The van der Waals surface area contributed by atoms with Crippen LogP contribution in [0.1, 0.15) is 18.6 Å². The third kappa shape index (κ3) is 5.68. The summed E-state index contributed by atoms with van der Waals surface area (Å²) in [5.41, 5.74) is 0.717. The number of rotatable bonds is 7. The van der Waals surface area contributed by atoms with Crippen LogP contribution in [0, 0.1) is 0 Å². The molecule has 0 fully saturated rings. The van der Waals surface area contributed by atoms with E-state index in [0.717, 1.165) is 9.79 Å². The van der Waals surface area contributed by atoms with Crippen molar-refractivity contribution < 1.29 is 14.3 Å². The Morgan fingerprint density at radius 2 is 1.36 bits per heavy atom. The smallest absolute Gasteiger partial charge is 0.352 e. The third-order valence-electron chi connectivity index (χ3n) is 3.80. The van der Waals surface area contributed by atoms with E-state index in [-0.39, 0.29) is 6.61 Å². The Bertz CT molecular complexity index is 910. The second kappa shape index (κ2) is 9.87. The lowest BCUT2D eigenvalue weighted by atomic mass is 10.1. The Morgan fingerprint density at radius 3 is 1.89 bits per heavy atom. The van der Waals surface area contributed by atoms with Crippen molar-refractivity contribution >= 4 is 40.9 Å². The summed E-state index contributed by atoms with van der Waals surface area (Å²) < 4.78 is 11.1. The zero-order valence-corrected chi connectivity index (χ0v) is 17.4. The van der Waals surface area contributed by atoms with Crippen LogP contribution in [-0.2, 0) is 9.53 Å². The largest absolute Gasteiger partial charge is 0.474 e. The number of benzene rings is 3. The highest BCUT2D eigenvalue weighted by Gasteiger charge is 2.24. The number of esters is 1. The molecule has 28 heavy (non-hydrogen) atoms. The first-order valence-corrected chi connectivity index (χ1v) is 10.2. The molecule has 144 valence electrons. The van der Waals surface area contributed by atoms with E-state index in [4.69, 9.17) is 32.7 Å². The Kier molecular flexibility index (Phi) is 7.26. The molecule has 3 rings (SSSR count). The van der Waals surface area contributed by atoms with Crippen molar-refractivity contribution in [3.63, 3.8) is 0 Å². The minimum Gasteiger partial charge on any atom is -0.474 e. The van der Waals surface area contributed by atoms with Crippen molar-refractivity contribution in [3.8, 4) is 5.75 Å². The summed E-state index contributed by atoms with van der Waals surface area (Å²) in [5.74, 6) is 0.109. The molecule has 1 unspecified atom stereocenters. The number of ether oxygens (including phenoxy) is 2. The van der Waals surface area contributed by atoms with Gasteiger partial charge in [0.1, 0.15) is 5.75 Å². The fourth-order valence-corrected chi connectivity index (χ4v) is 3.54. The summed E-state index contributed by atoms with van der Waals surface area (Å²) in [6, 6.07) is 22.2. The van der Waals surface area contributed by atoms with Crippen molar-refractivity contribution in [3.05, 3.63) is 88.4 Å². The first-order valence-electron chi connectivity index (χ1n) is 8.67. The lowest BCUT2D eigenvalue weighted by molar-refractivity contribution is -0.151. The van der Waals surface area contributed by atoms with Crippen molar-refractivity contribution in [1.82, 2.24) is 0 Å². The summed E-state index contributed by atoms with van der Waals surface area (Å²) in [6.45, 7) is 2.05. The molecule has 0 radical (unpaired) electrons. The van der Waals surface area contributed by atoms with Gasteiger partial charge in [-0.15, -0.1) is 0 Å². The van der Waals surface area contributed by atoms with E-state index in [1.165, 1.54) is 0 Å². The predicted octanol–water partition coefficient (Wildman–Crippen LogP) is 6.83. The molecule has 3 aromatic carbocycles. The van der Waals surface area contributed by atoms with E-state index < -0.39 is 12.1 Å². The predicted molar refractivity (Wildman–Crippen MR) is 113 cm³/mol. The molecular weight excluding hydrogens is 415 g/mol. The van der Waals surface area contributed by atoms with E-state index in [9.17, 15) is 4.79 Å². The zero-order chi connectivity index (χ0) is 19.9. The molecule has 0 spiro atoms. The topological polar surface area (TPSA) is 35.5 Å². The lowest BCUT2D eigenvalue weighted by Gasteiger charge is -2.18. The molecule has 0 saturated carbocycles. The van der Waals surface area contributed by atoms with Crippen LogP contribution in [0.15, 0.2) is 82.6 Å². The maximum atomic E-state index is 12.4. The molecule has 0 aliphatic heterocycles. The normalized spacial score (nSPS) is 11.7. The SMILES string of the molecule is CCOC(=O)C(Oc1ccc(Cl)cc1)c1ccc(Sc2ccc(Cl)cc2)cc1. The number of carbonyl (C=O) groups excluding carboxylic acids is 1. The maximum Gasteiger partial charge on any atom is 0.352 e. The Morgan fingerprint density at radius 1 is 0.857 bits per heavy atom. The molecule has 1 atom stereocenters. The van der Waals surface area contributed by atoms with Gasteiger partial charge >= 0.3 is 5.97 Å². The molecular formula is C22H18Cl2O3S. The average molecular weight is 433 g/mol. The Labute approximate surface area is 178 Å². The zero-order valence-electron chi connectivity index (χ0n) is 15.1. The van der Waals surface area contributed by atoms with Crippen LogP contribution in [0.3, 0.4) is 0 Å². The van der Waals surface area contributed by atoms with Gasteiger partial charge in [-0.1, -0.05) is 47.1 Å². The molecule has 3 aromatic rings. The minimum atomic E-state index is -0.851. The van der Waals surface area contributed by atoms with Gasteiger partial charge in [0.2, 0.25) is 6.10 Å². The highest BCUT2D eigenvalue weighted by Crippen LogP contribution is 2.31. The van der Waals surface area contributed by atoms with Gasteiger partial charge in [-0.25, -0.2) is 4.79 Å². The van der Waals surface area contributed by atoms with E-state index >= 15 is 0 Å². The number of hydrogen-bond donors (Lipinski definition) is 0. The summed E-state index contributed by atoms with van der Waals surface area (Å²) in [4.78, 5) is 14.6. The van der Waals surface area contributed by atoms with Gasteiger partial charge in [0, 0.05) is 25.4 Å². The first-order chi connectivity index (χ1) is 13.5. The number of halogens is 2.